The summed E-state index contributed by atoms with van der Waals surface area (Å²) in [5, 5.41) is 0. The van der Waals surface area contributed by atoms with E-state index in [1.807, 2.05) is 13.0 Å². The highest BCUT2D eigenvalue weighted by molar-refractivity contribution is 7.91. The van der Waals surface area contributed by atoms with Gasteiger partial charge in [-0.1, -0.05) is 17.7 Å². The lowest BCUT2D eigenvalue weighted by molar-refractivity contribution is 0.122. The van der Waals surface area contributed by atoms with Gasteiger partial charge in [-0.05, 0) is 37.3 Å². The highest BCUT2D eigenvalue weighted by Gasteiger charge is 2.22. The maximum atomic E-state index is 12.9. The number of benzene rings is 2. The van der Waals surface area contributed by atoms with Crippen molar-refractivity contribution in [1.82, 2.24) is 0 Å². The number of hydrogen-bond acceptors (Lipinski definition) is 5. The molecule has 1 aliphatic rings. The summed E-state index contributed by atoms with van der Waals surface area (Å²) in [5.41, 5.74) is 8.08. The van der Waals surface area contributed by atoms with Crippen molar-refractivity contribution in [3.8, 4) is 0 Å². The second-order valence-corrected chi connectivity index (χ2v) is 7.56. The van der Waals surface area contributed by atoms with Gasteiger partial charge in [0.05, 0.1) is 28.7 Å². The predicted molar refractivity (Wildman–Crippen MR) is 90.5 cm³/mol. The summed E-state index contributed by atoms with van der Waals surface area (Å²) in [7, 11) is -3.63. The first-order valence-corrected chi connectivity index (χ1v) is 9.01. The van der Waals surface area contributed by atoms with Crippen LogP contribution in [0.15, 0.2) is 52.3 Å². The van der Waals surface area contributed by atoms with E-state index in [-0.39, 0.29) is 15.5 Å². The molecule has 3 rings (SSSR count). The minimum absolute atomic E-state index is 0.158. The van der Waals surface area contributed by atoms with Crippen molar-refractivity contribution in [1.29, 1.82) is 0 Å². The van der Waals surface area contributed by atoms with E-state index in [0.717, 1.165) is 24.3 Å². The molecule has 5 nitrogen and oxygen atoms in total. The number of nitrogens with two attached hydrogens (primary N) is 1. The lowest BCUT2D eigenvalue weighted by atomic mass is 10.2. The molecular formula is C17H20N2O3S. The summed E-state index contributed by atoms with van der Waals surface area (Å²) in [6.07, 6.45) is 0. The fourth-order valence-corrected chi connectivity index (χ4v) is 4.02. The quantitative estimate of drug-likeness (QED) is 0.873. The monoisotopic (exact) mass is 332 g/mol. The largest absolute Gasteiger partial charge is 0.398 e. The third-order valence-corrected chi connectivity index (χ3v) is 5.82. The number of hydrogen-bond donors (Lipinski definition) is 1. The van der Waals surface area contributed by atoms with Crippen molar-refractivity contribution in [2.45, 2.75) is 16.7 Å². The number of nitrogen functional groups attached to an aromatic ring is 1. The van der Waals surface area contributed by atoms with Crippen LogP contribution < -0.4 is 10.6 Å². The Morgan fingerprint density at radius 2 is 1.70 bits per heavy atom. The summed E-state index contributed by atoms with van der Waals surface area (Å²) in [6, 6.07) is 12.0. The summed E-state index contributed by atoms with van der Waals surface area (Å²) < 4.78 is 31.1. The van der Waals surface area contributed by atoms with Gasteiger partial charge in [0.1, 0.15) is 0 Å². The molecule has 122 valence electrons. The molecule has 23 heavy (non-hydrogen) atoms. The minimum Gasteiger partial charge on any atom is -0.398 e. The lowest BCUT2D eigenvalue weighted by Crippen LogP contribution is -2.36. The molecule has 1 heterocycles. The van der Waals surface area contributed by atoms with Crippen LogP contribution >= 0.6 is 0 Å². The molecule has 0 aliphatic carbocycles. The molecule has 0 aromatic heterocycles. The molecule has 0 spiro atoms. The smallest absolute Gasteiger partial charge is 0.208 e. The molecular weight excluding hydrogens is 312 g/mol. The Morgan fingerprint density at radius 3 is 2.35 bits per heavy atom. The van der Waals surface area contributed by atoms with Crippen LogP contribution in [-0.2, 0) is 14.6 Å². The van der Waals surface area contributed by atoms with Crippen LogP contribution in [0.2, 0.25) is 0 Å². The van der Waals surface area contributed by atoms with Crippen molar-refractivity contribution in [3.05, 3.63) is 48.0 Å². The van der Waals surface area contributed by atoms with Gasteiger partial charge in [0.15, 0.2) is 0 Å². The van der Waals surface area contributed by atoms with Gasteiger partial charge in [0.2, 0.25) is 9.84 Å². The van der Waals surface area contributed by atoms with E-state index in [2.05, 4.69) is 4.90 Å². The predicted octanol–water partition coefficient (Wildman–Crippen LogP) is 2.25. The number of sulfone groups is 1. The van der Waals surface area contributed by atoms with Crippen LogP contribution in [0.25, 0.3) is 0 Å². The first kappa shape index (κ1) is 15.8. The van der Waals surface area contributed by atoms with E-state index in [4.69, 9.17) is 10.5 Å². The molecule has 2 aromatic carbocycles. The first-order chi connectivity index (χ1) is 11.0. The number of nitrogens with zero attached hydrogens (tertiary/aromatic N) is 1. The number of aryl methyl sites for hydroxylation is 1. The highest BCUT2D eigenvalue weighted by Crippen LogP contribution is 2.30. The number of anilines is 2. The number of morpholine rings is 1. The van der Waals surface area contributed by atoms with Gasteiger partial charge < -0.3 is 15.4 Å². The molecule has 2 aromatic rings. The summed E-state index contributed by atoms with van der Waals surface area (Å²) >= 11 is 0. The van der Waals surface area contributed by atoms with Gasteiger partial charge in [0.25, 0.3) is 0 Å². The zero-order chi connectivity index (χ0) is 16.4. The van der Waals surface area contributed by atoms with E-state index >= 15 is 0 Å². The molecule has 1 fully saturated rings. The molecule has 0 bridgehead atoms. The molecule has 0 amide bonds. The molecule has 0 saturated carbocycles. The van der Waals surface area contributed by atoms with Gasteiger partial charge in [-0.15, -0.1) is 0 Å². The summed E-state index contributed by atoms with van der Waals surface area (Å²) in [5.74, 6) is 0. The summed E-state index contributed by atoms with van der Waals surface area (Å²) in [4.78, 5) is 2.52. The molecule has 6 heteroatoms. The van der Waals surface area contributed by atoms with Gasteiger partial charge in [-0.2, -0.15) is 0 Å². The molecule has 0 unspecified atom stereocenters. The number of rotatable bonds is 3. The van der Waals surface area contributed by atoms with Crippen molar-refractivity contribution in [2.75, 3.05) is 36.9 Å². The zero-order valence-corrected chi connectivity index (χ0v) is 13.8. The van der Waals surface area contributed by atoms with E-state index in [0.29, 0.717) is 13.2 Å². The van der Waals surface area contributed by atoms with Crippen LogP contribution in [0, 0.1) is 6.92 Å². The van der Waals surface area contributed by atoms with Crippen LogP contribution in [-0.4, -0.2) is 34.7 Å². The minimum atomic E-state index is -3.63. The molecule has 2 N–H and O–H groups in total. The van der Waals surface area contributed by atoms with E-state index < -0.39 is 9.84 Å². The normalized spacial score (nSPS) is 15.6. The molecule has 1 saturated heterocycles. The Balaban J connectivity index is 2.02. The van der Waals surface area contributed by atoms with Crippen molar-refractivity contribution >= 4 is 21.2 Å². The highest BCUT2D eigenvalue weighted by atomic mass is 32.2. The first-order valence-electron chi connectivity index (χ1n) is 7.52. The van der Waals surface area contributed by atoms with Gasteiger partial charge in [-0.3, -0.25) is 0 Å². The maximum absolute atomic E-state index is 12.9. The van der Waals surface area contributed by atoms with E-state index in [1.165, 1.54) is 0 Å². The molecule has 1 aliphatic heterocycles. The van der Waals surface area contributed by atoms with Crippen molar-refractivity contribution < 1.29 is 13.2 Å². The number of ether oxygens (including phenoxy) is 1. The topological polar surface area (TPSA) is 72.6 Å². The van der Waals surface area contributed by atoms with Crippen molar-refractivity contribution in [2.24, 2.45) is 0 Å². The molecule has 0 atom stereocenters. The SMILES string of the molecule is Cc1ccc(S(=O)(=O)c2cc(N3CCOCC3)ccc2N)cc1. The Labute approximate surface area is 136 Å². The second kappa shape index (κ2) is 6.22. The average Bonchev–Trinajstić information content (AvgIpc) is 2.56. The average molecular weight is 332 g/mol. The summed E-state index contributed by atoms with van der Waals surface area (Å²) in [6.45, 7) is 4.69. The van der Waals surface area contributed by atoms with E-state index in [1.54, 1.807) is 36.4 Å². The van der Waals surface area contributed by atoms with Crippen LogP contribution in [0.5, 0.6) is 0 Å². The fraction of sp³-hybridized carbons (Fsp3) is 0.294. The second-order valence-electron chi connectivity index (χ2n) is 5.64. The van der Waals surface area contributed by atoms with Crippen molar-refractivity contribution in [3.63, 3.8) is 0 Å². The Morgan fingerprint density at radius 1 is 1.04 bits per heavy atom. The third-order valence-electron chi connectivity index (χ3n) is 3.99. The van der Waals surface area contributed by atoms with Gasteiger partial charge in [-0.25, -0.2) is 8.42 Å². The lowest BCUT2D eigenvalue weighted by Gasteiger charge is -2.29. The Bertz CT molecular complexity index is 795. The Kier molecular flexibility index (Phi) is 4.28. The van der Waals surface area contributed by atoms with Gasteiger partial charge in [0, 0.05) is 18.8 Å². The van der Waals surface area contributed by atoms with Crippen LogP contribution in [0.3, 0.4) is 0 Å². The van der Waals surface area contributed by atoms with Crippen LogP contribution in [0.4, 0.5) is 11.4 Å². The zero-order valence-electron chi connectivity index (χ0n) is 13.0. The maximum Gasteiger partial charge on any atom is 0.208 e. The van der Waals surface area contributed by atoms with Crippen LogP contribution in [0.1, 0.15) is 5.56 Å². The third kappa shape index (κ3) is 3.18. The Hall–Kier alpha value is -2.05. The van der Waals surface area contributed by atoms with Gasteiger partial charge >= 0.3 is 0 Å². The fourth-order valence-electron chi connectivity index (χ4n) is 2.62. The standard InChI is InChI=1S/C17H20N2O3S/c1-13-2-5-15(6-3-13)23(20,21)17-12-14(4-7-16(17)18)19-8-10-22-11-9-19/h2-7,12H,8-11,18H2,1H3. The molecule has 0 radical (unpaired) electrons. The van der Waals surface area contributed by atoms with E-state index in [9.17, 15) is 8.42 Å².